The van der Waals surface area contributed by atoms with Crippen LogP contribution in [0.25, 0.3) is 0 Å². The summed E-state index contributed by atoms with van der Waals surface area (Å²) in [5.41, 5.74) is -0.820. The average Bonchev–Trinajstić information content (AvgIpc) is 2.38. The SMILES string of the molecule is CN(C[C@@H]1CCCNC1)c1ncc(C(F)(F)F)cc1Cl. The summed E-state index contributed by atoms with van der Waals surface area (Å²) < 4.78 is 37.7. The summed E-state index contributed by atoms with van der Waals surface area (Å²) in [6.45, 7) is 2.67. The lowest BCUT2D eigenvalue weighted by Gasteiger charge is -2.28. The number of rotatable bonds is 3. The number of pyridine rings is 1. The summed E-state index contributed by atoms with van der Waals surface area (Å²) in [5.74, 6) is 0.860. The molecular weight excluding hydrogens is 291 g/mol. The topological polar surface area (TPSA) is 28.2 Å². The second kappa shape index (κ2) is 6.18. The minimum atomic E-state index is -4.42. The molecule has 1 atom stereocenters. The molecule has 0 unspecified atom stereocenters. The van der Waals surface area contributed by atoms with Crippen LogP contribution in [0.3, 0.4) is 0 Å². The number of hydrogen-bond acceptors (Lipinski definition) is 3. The van der Waals surface area contributed by atoms with Gasteiger partial charge in [-0.2, -0.15) is 13.2 Å². The first kappa shape index (κ1) is 15.4. The highest BCUT2D eigenvalue weighted by molar-refractivity contribution is 6.33. The van der Waals surface area contributed by atoms with Gasteiger partial charge in [0, 0.05) is 19.8 Å². The monoisotopic (exact) mass is 307 g/mol. The Morgan fingerprint density at radius 2 is 2.25 bits per heavy atom. The normalized spacial score (nSPS) is 19.9. The molecule has 0 radical (unpaired) electrons. The van der Waals surface area contributed by atoms with Crippen LogP contribution >= 0.6 is 11.6 Å². The molecule has 0 aromatic carbocycles. The van der Waals surface area contributed by atoms with E-state index in [1.807, 2.05) is 4.90 Å². The first-order chi connectivity index (χ1) is 9.38. The highest BCUT2D eigenvalue weighted by Gasteiger charge is 2.32. The molecule has 3 nitrogen and oxygen atoms in total. The molecule has 1 fully saturated rings. The zero-order chi connectivity index (χ0) is 14.8. The Hall–Kier alpha value is -1.01. The van der Waals surface area contributed by atoms with Crippen molar-refractivity contribution in [3.8, 4) is 0 Å². The van der Waals surface area contributed by atoms with Gasteiger partial charge in [-0.1, -0.05) is 11.6 Å². The minimum absolute atomic E-state index is 0.0334. The maximum absolute atomic E-state index is 12.6. The van der Waals surface area contributed by atoms with Crippen molar-refractivity contribution < 1.29 is 13.2 Å². The van der Waals surface area contributed by atoms with E-state index in [1.165, 1.54) is 0 Å². The van der Waals surface area contributed by atoms with Gasteiger partial charge in [0.1, 0.15) is 5.82 Å². The first-order valence-corrected chi connectivity index (χ1v) is 6.90. The smallest absolute Gasteiger partial charge is 0.358 e. The number of hydrogen-bond donors (Lipinski definition) is 1. The van der Waals surface area contributed by atoms with E-state index in [1.54, 1.807) is 7.05 Å². The quantitative estimate of drug-likeness (QED) is 0.929. The van der Waals surface area contributed by atoms with Gasteiger partial charge in [-0.15, -0.1) is 0 Å². The summed E-state index contributed by atoms with van der Waals surface area (Å²) in [6, 6.07) is 0.930. The number of aromatic nitrogens is 1. The Morgan fingerprint density at radius 3 is 2.80 bits per heavy atom. The van der Waals surface area contributed by atoms with Gasteiger partial charge >= 0.3 is 6.18 Å². The van der Waals surface area contributed by atoms with Gasteiger partial charge in [0.15, 0.2) is 0 Å². The van der Waals surface area contributed by atoms with Gasteiger partial charge in [0.2, 0.25) is 0 Å². The van der Waals surface area contributed by atoms with E-state index in [9.17, 15) is 13.2 Å². The molecule has 1 N–H and O–H groups in total. The molecule has 0 aliphatic carbocycles. The molecule has 0 spiro atoms. The minimum Gasteiger partial charge on any atom is -0.358 e. The lowest BCUT2D eigenvalue weighted by atomic mass is 9.99. The number of alkyl halides is 3. The van der Waals surface area contributed by atoms with Crippen LogP contribution in [-0.4, -0.2) is 31.7 Å². The number of halogens is 4. The molecule has 0 amide bonds. The van der Waals surface area contributed by atoms with Crippen LogP contribution in [-0.2, 0) is 6.18 Å². The fourth-order valence-electron chi connectivity index (χ4n) is 2.42. The summed E-state index contributed by atoms with van der Waals surface area (Å²) in [5, 5.41) is 3.34. The molecule has 1 aliphatic heterocycles. The van der Waals surface area contributed by atoms with Crippen LogP contribution in [0.1, 0.15) is 18.4 Å². The predicted octanol–water partition coefficient (Wildman–Crippen LogP) is 3.19. The van der Waals surface area contributed by atoms with Crippen molar-refractivity contribution in [2.75, 3.05) is 31.6 Å². The van der Waals surface area contributed by atoms with Crippen molar-refractivity contribution in [1.29, 1.82) is 0 Å². The maximum Gasteiger partial charge on any atom is 0.417 e. The van der Waals surface area contributed by atoms with Crippen LogP contribution in [0.5, 0.6) is 0 Å². The first-order valence-electron chi connectivity index (χ1n) is 6.52. The van der Waals surface area contributed by atoms with Crippen LogP contribution in [0.4, 0.5) is 19.0 Å². The Bertz CT molecular complexity index is 459. The van der Waals surface area contributed by atoms with Crippen molar-refractivity contribution in [2.24, 2.45) is 5.92 Å². The Labute approximate surface area is 121 Å². The van der Waals surface area contributed by atoms with Gasteiger partial charge in [0.25, 0.3) is 0 Å². The molecule has 1 saturated heterocycles. The molecule has 20 heavy (non-hydrogen) atoms. The lowest BCUT2D eigenvalue weighted by molar-refractivity contribution is -0.137. The van der Waals surface area contributed by atoms with Crippen molar-refractivity contribution in [3.63, 3.8) is 0 Å². The van der Waals surface area contributed by atoms with E-state index in [0.717, 1.165) is 44.7 Å². The molecule has 1 aromatic rings. The highest BCUT2D eigenvalue weighted by Crippen LogP contribution is 2.33. The highest BCUT2D eigenvalue weighted by atomic mass is 35.5. The standard InChI is InChI=1S/C13H17ClF3N3/c1-20(8-9-3-2-4-18-6-9)12-11(14)5-10(7-19-12)13(15,16)17/h5,7,9,18H,2-4,6,8H2,1H3/t9-/m1/s1. The van der Waals surface area contributed by atoms with E-state index in [0.29, 0.717) is 11.7 Å². The summed E-state index contributed by atoms with van der Waals surface area (Å²) in [7, 11) is 1.80. The van der Waals surface area contributed by atoms with Crippen LogP contribution in [0, 0.1) is 5.92 Å². The average molecular weight is 308 g/mol. The summed E-state index contributed by atoms with van der Waals surface area (Å²) in [4.78, 5) is 5.68. The molecule has 1 aliphatic rings. The van der Waals surface area contributed by atoms with Gasteiger partial charge in [-0.05, 0) is 37.9 Å². The third kappa shape index (κ3) is 3.76. The molecule has 7 heteroatoms. The van der Waals surface area contributed by atoms with Gasteiger partial charge in [-0.25, -0.2) is 4.98 Å². The van der Waals surface area contributed by atoms with Crippen molar-refractivity contribution in [3.05, 3.63) is 22.8 Å². The number of anilines is 1. The fraction of sp³-hybridized carbons (Fsp3) is 0.615. The molecule has 2 heterocycles. The zero-order valence-corrected chi connectivity index (χ0v) is 11.9. The van der Waals surface area contributed by atoms with E-state index in [2.05, 4.69) is 10.3 Å². The van der Waals surface area contributed by atoms with E-state index in [-0.39, 0.29) is 5.02 Å². The van der Waals surface area contributed by atoms with Gasteiger partial charge < -0.3 is 10.2 Å². The second-order valence-electron chi connectivity index (χ2n) is 5.12. The van der Waals surface area contributed by atoms with E-state index in [4.69, 9.17) is 11.6 Å². The lowest BCUT2D eigenvalue weighted by Crippen LogP contribution is -2.37. The number of nitrogens with zero attached hydrogens (tertiary/aromatic N) is 2. The van der Waals surface area contributed by atoms with Crippen molar-refractivity contribution in [2.45, 2.75) is 19.0 Å². The number of nitrogens with one attached hydrogen (secondary N) is 1. The van der Waals surface area contributed by atoms with E-state index >= 15 is 0 Å². The van der Waals surface area contributed by atoms with Gasteiger partial charge in [-0.3, -0.25) is 0 Å². The predicted molar refractivity (Wildman–Crippen MR) is 73.1 cm³/mol. The molecule has 0 bridgehead atoms. The van der Waals surface area contributed by atoms with Crippen molar-refractivity contribution >= 4 is 17.4 Å². The third-order valence-electron chi connectivity index (χ3n) is 3.44. The van der Waals surface area contributed by atoms with Gasteiger partial charge in [0.05, 0.1) is 10.6 Å². The molecule has 2 rings (SSSR count). The third-order valence-corrected chi connectivity index (χ3v) is 3.72. The zero-order valence-electron chi connectivity index (χ0n) is 11.2. The molecule has 112 valence electrons. The fourth-order valence-corrected chi connectivity index (χ4v) is 2.73. The number of piperidine rings is 1. The van der Waals surface area contributed by atoms with Crippen molar-refractivity contribution in [1.82, 2.24) is 10.3 Å². The van der Waals surface area contributed by atoms with Crippen LogP contribution < -0.4 is 10.2 Å². The Balaban J connectivity index is 2.07. The van der Waals surface area contributed by atoms with E-state index < -0.39 is 11.7 Å². The summed E-state index contributed by atoms with van der Waals surface area (Å²) in [6.07, 6.45) is -1.36. The Kier molecular flexibility index (Phi) is 4.75. The largest absolute Gasteiger partial charge is 0.417 e. The summed E-state index contributed by atoms with van der Waals surface area (Å²) >= 11 is 5.93. The molecule has 1 aromatic heterocycles. The second-order valence-corrected chi connectivity index (χ2v) is 5.53. The maximum atomic E-state index is 12.6. The molecule has 0 saturated carbocycles. The Morgan fingerprint density at radius 1 is 1.50 bits per heavy atom. The molecular formula is C13H17ClF3N3. The van der Waals surface area contributed by atoms with Crippen LogP contribution in [0.2, 0.25) is 5.02 Å². The van der Waals surface area contributed by atoms with Crippen LogP contribution in [0.15, 0.2) is 12.3 Å².